The molecule has 2 fully saturated rings. The Kier molecular flexibility index (Phi) is 4.56. The second-order valence-corrected chi connectivity index (χ2v) is 8.29. The van der Waals surface area contributed by atoms with E-state index in [1.54, 1.807) is 17.0 Å². The third-order valence-corrected chi connectivity index (χ3v) is 6.58. The third kappa shape index (κ3) is 3.26. The van der Waals surface area contributed by atoms with Crippen LogP contribution in [-0.2, 0) is 0 Å². The topological polar surface area (TPSA) is 65.8 Å². The summed E-state index contributed by atoms with van der Waals surface area (Å²) in [6.45, 7) is 12.1. The molecular formula is C19H29N3O3. The molecule has 2 aliphatic rings. The van der Waals surface area contributed by atoms with Gasteiger partial charge in [-0.15, -0.1) is 0 Å². The second kappa shape index (κ2) is 6.39. The van der Waals surface area contributed by atoms with E-state index in [0.717, 1.165) is 6.42 Å². The number of hydrogen-bond donors (Lipinski definition) is 1. The average Bonchev–Trinajstić information content (AvgIpc) is 2.85. The van der Waals surface area contributed by atoms with Crippen molar-refractivity contribution >= 4 is 11.9 Å². The Morgan fingerprint density at radius 1 is 1.12 bits per heavy atom. The Labute approximate surface area is 149 Å². The van der Waals surface area contributed by atoms with E-state index in [1.807, 2.05) is 4.90 Å². The van der Waals surface area contributed by atoms with Gasteiger partial charge in [0.1, 0.15) is 0 Å². The van der Waals surface area contributed by atoms with Crippen molar-refractivity contribution in [1.82, 2.24) is 15.1 Å². The average molecular weight is 347 g/mol. The van der Waals surface area contributed by atoms with Crippen molar-refractivity contribution in [2.45, 2.75) is 34.1 Å². The van der Waals surface area contributed by atoms with Gasteiger partial charge in [0.25, 0.3) is 5.91 Å². The van der Waals surface area contributed by atoms with Gasteiger partial charge in [-0.1, -0.05) is 27.7 Å². The molecule has 1 aliphatic carbocycles. The number of hydrogen-bond acceptors (Lipinski definition) is 3. The van der Waals surface area contributed by atoms with Crippen molar-refractivity contribution in [3.63, 3.8) is 0 Å². The summed E-state index contributed by atoms with van der Waals surface area (Å²) < 4.78 is 5.19. The van der Waals surface area contributed by atoms with Crippen molar-refractivity contribution in [3.8, 4) is 0 Å². The van der Waals surface area contributed by atoms with Crippen LogP contribution < -0.4 is 5.32 Å². The molecule has 0 atom stereocenters. The number of nitrogens with one attached hydrogen (secondary N) is 1. The van der Waals surface area contributed by atoms with Crippen LogP contribution in [-0.4, -0.2) is 54.5 Å². The summed E-state index contributed by atoms with van der Waals surface area (Å²) in [5, 5.41) is 3.09. The highest BCUT2D eigenvalue weighted by Gasteiger charge is 2.64. The van der Waals surface area contributed by atoms with Gasteiger partial charge in [-0.3, -0.25) is 4.79 Å². The van der Waals surface area contributed by atoms with E-state index in [9.17, 15) is 9.59 Å². The van der Waals surface area contributed by atoms with Gasteiger partial charge in [0.2, 0.25) is 0 Å². The zero-order chi connectivity index (χ0) is 18.2. The van der Waals surface area contributed by atoms with E-state index in [2.05, 4.69) is 33.0 Å². The number of nitrogens with zero attached hydrogens (tertiary/aromatic N) is 2. The van der Waals surface area contributed by atoms with Gasteiger partial charge < -0.3 is 19.5 Å². The highest BCUT2D eigenvalue weighted by atomic mass is 16.3. The van der Waals surface area contributed by atoms with Gasteiger partial charge in [0.15, 0.2) is 5.76 Å². The van der Waals surface area contributed by atoms with Crippen molar-refractivity contribution in [2.75, 3.05) is 32.7 Å². The summed E-state index contributed by atoms with van der Waals surface area (Å²) in [4.78, 5) is 28.5. The summed E-state index contributed by atoms with van der Waals surface area (Å²) in [6.07, 6.45) is 2.28. The minimum Gasteiger partial charge on any atom is -0.459 e. The van der Waals surface area contributed by atoms with Gasteiger partial charge in [-0.25, -0.2) is 4.79 Å². The molecule has 3 rings (SSSR count). The van der Waals surface area contributed by atoms with Crippen LogP contribution >= 0.6 is 0 Å². The lowest BCUT2D eigenvalue weighted by Gasteiger charge is -2.22. The molecule has 6 heteroatoms. The molecule has 1 N–H and O–H groups in total. The lowest BCUT2D eigenvalue weighted by molar-refractivity contribution is 0.0730. The normalized spacial score (nSPS) is 22.4. The molecule has 1 aliphatic heterocycles. The van der Waals surface area contributed by atoms with E-state index in [4.69, 9.17) is 4.42 Å². The van der Waals surface area contributed by atoms with Gasteiger partial charge >= 0.3 is 6.03 Å². The molecule has 1 aromatic heterocycles. The third-order valence-electron chi connectivity index (χ3n) is 6.58. The van der Waals surface area contributed by atoms with Crippen LogP contribution in [0.25, 0.3) is 0 Å². The Morgan fingerprint density at radius 2 is 1.76 bits per heavy atom. The molecule has 1 saturated heterocycles. The van der Waals surface area contributed by atoms with Crippen LogP contribution in [0.3, 0.4) is 0 Å². The Morgan fingerprint density at radius 3 is 2.36 bits per heavy atom. The predicted molar refractivity (Wildman–Crippen MR) is 95.3 cm³/mol. The minimum absolute atomic E-state index is 0.0224. The largest absolute Gasteiger partial charge is 0.459 e. The first-order chi connectivity index (χ1) is 11.7. The van der Waals surface area contributed by atoms with Crippen LogP contribution in [0, 0.1) is 16.7 Å². The number of furan rings is 1. The van der Waals surface area contributed by atoms with Gasteiger partial charge in [-0.2, -0.15) is 0 Å². The first-order valence-electron chi connectivity index (χ1n) is 9.10. The molecule has 0 spiro atoms. The molecule has 0 unspecified atom stereocenters. The van der Waals surface area contributed by atoms with Crippen LogP contribution in [0.4, 0.5) is 4.79 Å². The molecule has 3 amide bonds. The maximum Gasteiger partial charge on any atom is 0.317 e. The predicted octanol–water partition coefficient (Wildman–Crippen LogP) is 2.82. The molecule has 6 nitrogen and oxygen atoms in total. The monoisotopic (exact) mass is 347 g/mol. The van der Waals surface area contributed by atoms with E-state index in [1.165, 1.54) is 6.26 Å². The molecule has 138 valence electrons. The number of urea groups is 1. The van der Waals surface area contributed by atoms with Gasteiger partial charge in [0, 0.05) is 32.7 Å². The van der Waals surface area contributed by atoms with Crippen LogP contribution in [0.5, 0.6) is 0 Å². The second-order valence-electron chi connectivity index (χ2n) is 8.29. The number of carbonyl (C=O) groups excluding carboxylic acids is 2. The zero-order valence-electron chi connectivity index (χ0n) is 15.7. The molecular weight excluding hydrogens is 318 g/mol. The summed E-state index contributed by atoms with van der Waals surface area (Å²) in [5.41, 5.74) is 0.538. The van der Waals surface area contributed by atoms with E-state index >= 15 is 0 Å². The zero-order valence-corrected chi connectivity index (χ0v) is 15.7. The standard InChI is InChI=1S/C19H29N3O3/c1-18(2)15(19(18,3)4)13-20-17(24)22-9-6-8-21(10-11-22)16(23)14-7-5-12-25-14/h5,7,12,15H,6,8-11,13H2,1-4H3,(H,20,24). The molecule has 1 saturated carbocycles. The molecule has 0 bridgehead atoms. The number of carbonyl (C=O) groups is 2. The Balaban J connectivity index is 1.49. The lowest BCUT2D eigenvalue weighted by Crippen LogP contribution is -2.43. The fourth-order valence-corrected chi connectivity index (χ4v) is 4.02. The molecule has 0 radical (unpaired) electrons. The number of amides is 3. The highest BCUT2D eigenvalue weighted by Crippen LogP contribution is 2.67. The fourth-order valence-electron chi connectivity index (χ4n) is 4.02. The first kappa shape index (κ1) is 17.8. The maximum absolute atomic E-state index is 12.5. The van der Waals surface area contributed by atoms with Crippen molar-refractivity contribution < 1.29 is 14.0 Å². The summed E-state index contributed by atoms with van der Waals surface area (Å²) >= 11 is 0. The minimum atomic E-state index is -0.103. The smallest absolute Gasteiger partial charge is 0.317 e. The van der Waals surface area contributed by atoms with E-state index in [-0.39, 0.29) is 22.8 Å². The van der Waals surface area contributed by atoms with E-state index in [0.29, 0.717) is 44.4 Å². The number of rotatable bonds is 3. The lowest BCUT2D eigenvalue weighted by atomic mass is 10.0. The van der Waals surface area contributed by atoms with Crippen molar-refractivity contribution in [2.24, 2.45) is 16.7 Å². The summed E-state index contributed by atoms with van der Waals surface area (Å²) in [7, 11) is 0. The van der Waals surface area contributed by atoms with E-state index < -0.39 is 0 Å². The highest BCUT2D eigenvalue weighted by molar-refractivity contribution is 5.91. The Hall–Kier alpha value is -1.98. The molecule has 1 aromatic rings. The fraction of sp³-hybridized carbons (Fsp3) is 0.684. The quantitative estimate of drug-likeness (QED) is 0.914. The SMILES string of the molecule is CC1(C)C(CNC(=O)N2CCCN(C(=O)c3ccco3)CC2)C1(C)C. The van der Waals surface area contributed by atoms with Crippen molar-refractivity contribution in [3.05, 3.63) is 24.2 Å². The summed E-state index contributed by atoms with van der Waals surface area (Å²) in [5.74, 6) is 0.762. The Bertz CT molecular complexity index is 622. The molecule has 0 aromatic carbocycles. The van der Waals surface area contributed by atoms with Crippen LogP contribution in [0.2, 0.25) is 0 Å². The van der Waals surface area contributed by atoms with Crippen LogP contribution in [0.1, 0.15) is 44.7 Å². The van der Waals surface area contributed by atoms with Crippen molar-refractivity contribution in [1.29, 1.82) is 0 Å². The summed E-state index contributed by atoms with van der Waals surface area (Å²) in [6, 6.07) is 3.37. The first-order valence-corrected chi connectivity index (χ1v) is 9.10. The molecule has 25 heavy (non-hydrogen) atoms. The molecule has 2 heterocycles. The van der Waals surface area contributed by atoms with Crippen LogP contribution in [0.15, 0.2) is 22.8 Å². The van der Waals surface area contributed by atoms with Gasteiger partial charge in [-0.05, 0) is 35.3 Å². The maximum atomic E-state index is 12.5. The van der Waals surface area contributed by atoms with Gasteiger partial charge in [0.05, 0.1) is 6.26 Å².